The van der Waals surface area contributed by atoms with E-state index in [0.717, 1.165) is 31.7 Å². The van der Waals surface area contributed by atoms with Gasteiger partial charge in [0.15, 0.2) is 6.20 Å². The zero-order chi connectivity index (χ0) is 12.3. The van der Waals surface area contributed by atoms with E-state index in [0.29, 0.717) is 6.04 Å². The molecule has 0 bridgehead atoms. The first kappa shape index (κ1) is 11.8. The fourth-order valence-electron chi connectivity index (χ4n) is 1.91. The second-order valence-electron chi connectivity index (χ2n) is 4.14. The molecule has 2 rings (SSSR count). The van der Waals surface area contributed by atoms with E-state index in [-0.39, 0.29) is 5.82 Å². The third-order valence-corrected chi connectivity index (χ3v) is 2.92. The van der Waals surface area contributed by atoms with Gasteiger partial charge in [-0.1, -0.05) is 6.92 Å². The zero-order valence-corrected chi connectivity index (χ0v) is 9.80. The summed E-state index contributed by atoms with van der Waals surface area (Å²) < 4.78 is 0. The van der Waals surface area contributed by atoms with E-state index < -0.39 is 4.92 Å². The molecule has 0 aliphatic carbocycles. The van der Waals surface area contributed by atoms with Crippen molar-refractivity contribution in [3.05, 3.63) is 28.4 Å². The maximum absolute atomic E-state index is 10.5. The molecule has 0 unspecified atom stereocenters. The molecule has 0 spiro atoms. The number of pyridine rings is 1. The minimum atomic E-state index is -0.473. The highest BCUT2D eigenvalue weighted by atomic mass is 16.6. The predicted octanol–water partition coefficient (Wildman–Crippen LogP) is 1.18. The number of aromatic nitrogens is 1. The second-order valence-corrected chi connectivity index (χ2v) is 4.14. The van der Waals surface area contributed by atoms with Crippen LogP contribution in [0.5, 0.6) is 0 Å². The Kier molecular flexibility index (Phi) is 3.53. The number of nitrogens with one attached hydrogen (secondary N) is 1. The SMILES string of the molecule is CCCN(c1ccc([N+](=O)[O-])nc1)C1CNC1. The summed E-state index contributed by atoms with van der Waals surface area (Å²) in [6.07, 6.45) is 2.64. The van der Waals surface area contributed by atoms with E-state index in [9.17, 15) is 10.1 Å². The highest BCUT2D eigenvalue weighted by Gasteiger charge is 2.25. The molecule has 0 aromatic carbocycles. The van der Waals surface area contributed by atoms with E-state index in [4.69, 9.17) is 0 Å². The van der Waals surface area contributed by atoms with Gasteiger partial charge in [0, 0.05) is 25.7 Å². The molecule has 6 heteroatoms. The first-order chi connectivity index (χ1) is 8.22. The van der Waals surface area contributed by atoms with E-state index >= 15 is 0 Å². The second kappa shape index (κ2) is 5.09. The van der Waals surface area contributed by atoms with Crippen molar-refractivity contribution >= 4 is 11.5 Å². The van der Waals surface area contributed by atoms with Crippen LogP contribution in [0.25, 0.3) is 0 Å². The number of hydrogen-bond donors (Lipinski definition) is 1. The van der Waals surface area contributed by atoms with Crippen LogP contribution in [0.2, 0.25) is 0 Å². The van der Waals surface area contributed by atoms with Crippen molar-refractivity contribution in [1.82, 2.24) is 10.3 Å². The lowest BCUT2D eigenvalue weighted by Crippen LogP contribution is -2.57. The number of hydrogen-bond acceptors (Lipinski definition) is 5. The molecule has 1 aliphatic rings. The summed E-state index contributed by atoms with van der Waals surface area (Å²) in [6, 6.07) is 3.72. The van der Waals surface area contributed by atoms with Gasteiger partial charge in [0.05, 0.1) is 11.7 Å². The number of nitro groups is 1. The Bertz CT molecular complexity index is 389. The number of anilines is 1. The van der Waals surface area contributed by atoms with Gasteiger partial charge in [-0.25, -0.2) is 0 Å². The molecule has 0 atom stereocenters. The van der Waals surface area contributed by atoms with Crippen LogP contribution in [0.3, 0.4) is 0 Å². The molecule has 1 aromatic rings. The summed E-state index contributed by atoms with van der Waals surface area (Å²) in [5, 5.41) is 13.8. The Morgan fingerprint density at radius 1 is 1.59 bits per heavy atom. The van der Waals surface area contributed by atoms with Crippen molar-refractivity contribution in [2.45, 2.75) is 19.4 Å². The van der Waals surface area contributed by atoms with E-state index in [2.05, 4.69) is 22.1 Å². The summed E-state index contributed by atoms with van der Waals surface area (Å²) in [6.45, 7) is 5.01. The van der Waals surface area contributed by atoms with Gasteiger partial charge in [0.1, 0.15) is 0 Å². The Balaban J connectivity index is 2.14. The van der Waals surface area contributed by atoms with E-state index in [1.54, 1.807) is 12.3 Å². The Labute approximate surface area is 99.8 Å². The summed E-state index contributed by atoms with van der Waals surface area (Å²) >= 11 is 0. The fourth-order valence-corrected chi connectivity index (χ4v) is 1.91. The molecular weight excluding hydrogens is 220 g/mol. The molecule has 1 aliphatic heterocycles. The van der Waals surface area contributed by atoms with E-state index in [1.807, 2.05) is 0 Å². The van der Waals surface area contributed by atoms with Crippen LogP contribution in [0.15, 0.2) is 18.3 Å². The lowest BCUT2D eigenvalue weighted by atomic mass is 10.1. The van der Waals surface area contributed by atoms with Gasteiger partial charge in [-0.05, 0) is 22.4 Å². The molecule has 17 heavy (non-hydrogen) atoms. The van der Waals surface area contributed by atoms with Crippen molar-refractivity contribution in [3.8, 4) is 0 Å². The molecule has 6 nitrogen and oxygen atoms in total. The van der Waals surface area contributed by atoms with Crippen molar-refractivity contribution in [2.24, 2.45) is 0 Å². The molecule has 1 N–H and O–H groups in total. The van der Waals surface area contributed by atoms with Crippen LogP contribution in [0, 0.1) is 10.1 Å². The molecule has 0 radical (unpaired) electrons. The standard InChI is InChI=1S/C11H16N4O2/c1-2-5-14(10-6-12-7-10)9-3-4-11(13-8-9)15(16)17/h3-4,8,10,12H,2,5-7H2,1H3. The molecule has 0 amide bonds. The van der Waals surface area contributed by atoms with Gasteiger partial charge < -0.3 is 20.3 Å². The normalized spacial score (nSPS) is 15.4. The molecule has 92 valence electrons. The van der Waals surface area contributed by atoms with Crippen LogP contribution in [0.1, 0.15) is 13.3 Å². The number of nitrogens with zero attached hydrogens (tertiary/aromatic N) is 3. The first-order valence-corrected chi connectivity index (χ1v) is 5.80. The molecule has 1 aromatic heterocycles. The molecule has 1 saturated heterocycles. The third kappa shape index (κ3) is 2.52. The summed E-state index contributed by atoms with van der Waals surface area (Å²) in [5.41, 5.74) is 0.962. The number of rotatable bonds is 5. The smallest absolute Gasteiger partial charge is 0.363 e. The quantitative estimate of drug-likeness (QED) is 0.614. The highest BCUT2D eigenvalue weighted by Crippen LogP contribution is 2.20. The fraction of sp³-hybridized carbons (Fsp3) is 0.545. The lowest BCUT2D eigenvalue weighted by Gasteiger charge is -2.39. The van der Waals surface area contributed by atoms with Crippen LogP contribution in [-0.2, 0) is 0 Å². The van der Waals surface area contributed by atoms with Crippen molar-refractivity contribution in [1.29, 1.82) is 0 Å². The maximum atomic E-state index is 10.5. The highest BCUT2D eigenvalue weighted by molar-refractivity contribution is 5.48. The van der Waals surface area contributed by atoms with Gasteiger partial charge in [-0.15, -0.1) is 0 Å². The first-order valence-electron chi connectivity index (χ1n) is 5.80. The lowest BCUT2D eigenvalue weighted by molar-refractivity contribution is -0.389. The summed E-state index contributed by atoms with van der Waals surface area (Å²) in [7, 11) is 0. The van der Waals surface area contributed by atoms with E-state index in [1.165, 1.54) is 6.07 Å². The Hall–Kier alpha value is -1.69. The zero-order valence-electron chi connectivity index (χ0n) is 9.80. The summed E-state index contributed by atoms with van der Waals surface area (Å²) in [4.78, 5) is 16.2. The van der Waals surface area contributed by atoms with Gasteiger partial charge in [-0.2, -0.15) is 0 Å². The molecule has 2 heterocycles. The minimum absolute atomic E-state index is 0.100. The monoisotopic (exact) mass is 236 g/mol. The van der Waals surface area contributed by atoms with Gasteiger partial charge >= 0.3 is 5.82 Å². The topological polar surface area (TPSA) is 71.3 Å². The van der Waals surface area contributed by atoms with Gasteiger partial charge in [0.2, 0.25) is 0 Å². The van der Waals surface area contributed by atoms with Crippen molar-refractivity contribution in [2.75, 3.05) is 24.5 Å². The minimum Gasteiger partial charge on any atom is -0.363 e. The average molecular weight is 236 g/mol. The summed E-state index contributed by atoms with van der Waals surface area (Å²) in [5.74, 6) is -0.100. The predicted molar refractivity (Wildman–Crippen MR) is 65.2 cm³/mol. The third-order valence-electron chi connectivity index (χ3n) is 2.92. The largest absolute Gasteiger partial charge is 0.363 e. The Morgan fingerprint density at radius 3 is 2.76 bits per heavy atom. The molecule has 1 fully saturated rings. The van der Waals surface area contributed by atoms with Crippen molar-refractivity contribution in [3.63, 3.8) is 0 Å². The Morgan fingerprint density at radius 2 is 2.35 bits per heavy atom. The van der Waals surface area contributed by atoms with Gasteiger partial charge in [0.25, 0.3) is 0 Å². The van der Waals surface area contributed by atoms with Crippen LogP contribution >= 0.6 is 0 Å². The van der Waals surface area contributed by atoms with Crippen LogP contribution in [0.4, 0.5) is 11.5 Å². The average Bonchev–Trinajstić information content (AvgIpc) is 2.26. The van der Waals surface area contributed by atoms with Crippen LogP contribution in [-0.4, -0.2) is 35.6 Å². The maximum Gasteiger partial charge on any atom is 0.363 e. The molecule has 0 saturated carbocycles. The van der Waals surface area contributed by atoms with Crippen molar-refractivity contribution < 1.29 is 4.92 Å². The molecular formula is C11H16N4O2. The van der Waals surface area contributed by atoms with Crippen LogP contribution < -0.4 is 10.2 Å². The van der Waals surface area contributed by atoms with Gasteiger partial charge in [-0.3, -0.25) is 0 Å².